The van der Waals surface area contributed by atoms with Gasteiger partial charge in [-0.3, -0.25) is 4.79 Å². The molecule has 0 unspecified atom stereocenters. The molecule has 0 amide bonds. The van der Waals surface area contributed by atoms with Crippen molar-refractivity contribution in [1.82, 2.24) is 29.5 Å². The molecule has 0 saturated heterocycles. The van der Waals surface area contributed by atoms with Crippen LogP contribution in [0.1, 0.15) is 41.5 Å². The van der Waals surface area contributed by atoms with Gasteiger partial charge in [-0.15, -0.1) is 0 Å². The summed E-state index contributed by atoms with van der Waals surface area (Å²) in [6.07, 6.45) is 3.75. The summed E-state index contributed by atoms with van der Waals surface area (Å²) >= 11 is 0. The van der Waals surface area contributed by atoms with Gasteiger partial charge in [-0.05, 0) is 63.8 Å². The molecule has 1 aliphatic carbocycles. The lowest BCUT2D eigenvalue weighted by Gasteiger charge is -2.12. The third-order valence-corrected chi connectivity index (χ3v) is 6.12. The minimum atomic E-state index is -0.311. The number of rotatable bonds is 8. The number of nitrogens with zero attached hydrogens (tertiary/aromatic N) is 6. The number of hydrogen-bond acceptors (Lipinski definition) is 7. The maximum Gasteiger partial charge on any atom is 0.189 e. The summed E-state index contributed by atoms with van der Waals surface area (Å²) in [5.74, 6) is 2.45. The number of carbonyl (C=O) groups excluding carboxylic acids is 1. The van der Waals surface area contributed by atoms with Crippen LogP contribution < -0.4 is 10.1 Å². The van der Waals surface area contributed by atoms with Gasteiger partial charge in [-0.25, -0.2) is 23.7 Å². The Bertz CT molecular complexity index is 1400. The molecule has 35 heavy (non-hydrogen) atoms. The highest BCUT2D eigenvalue weighted by Crippen LogP contribution is 2.40. The van der Waals surface area contributed by atoms with Crippen molar-refractivity contribution in [3.63, 3.8) is 0 Å². The van der Waals surface area contributed by atoms with Gasteiger partial charge < -0.3 is 10.1 Å². The van der Waals surface area contributed by atoms with Crippen LogP contribution in [0.3, 0.4) is 0 Å². The van der Waals surface area contributed by atoms with Crippen molar-refractivity contribution in [2.24, 2.45) is 5.92 Å². The lowest BCUT2D eigenvalue weighted by atomic mass is 10.1. The molecule has 180 valence electrons. The van der Waals surface area contributed by atoms with E-state index in [1.54, 1.807) is 36.9 Å². The molecule has 0 spiro atoms. The van der Waals surface area contributed by atoms with Crippen molar-refractivity contribution in [1.29, 1.82) is 0 Å². The van der Waals surface area contributed by atoms with Crippen molar-refractivity contribution in [3.05, 3.63) is 59.4 Å². The summed E-state index contributed by atoms with van der Waals surface area (Å²) in [6.45, 7) is 5.91. The first-order valence-corrected chi connectivity index (χ1v) is 11.4. The van der Waals surface area contributed by atoms with E-state index in [1.807, 2.05) is 11.6 Å². The Hall–Kier alpha value is -4.08. The zero-order valence-electron chi connectivity index (χ0n) is 20.0. The van der Waals surface area contributed by atoms with Crippen LogP contribution in [0, 0.1) is 25.6 Å². The zero-order valence-corrected chi connectivity index (χ0v) is 20.0. The normalized spacial score (nSPS) is 13.2. The first kappa shape index (κ1) is 22.7. The molecule has 0 radical (unpaired) electrons. The fourth-order valence-corrected chi connectivity index (χ4v) is 4.26. The van der Waals surface area contributed by atoms with Gasteiger partial charge in [0.15, 0.2) is 23.2 Å². The van der Waals surface area contributed by atoms with Crippen LogP contribution in [0.15, 0.2) is 36.7 Å². The number of methoxy groups -OCH3 is 1. The predicted molar refractivity (Wildman–Crippen MR) is 129 cm³/mol. The molecule has 3 aromatic heterocycles. The number of aryl methyl sites for hydroxylation is 1. The largest absolute Gasteiger partial charge is 0.491 e. The molecule has 0 atom stereocenters. The second-order valence-electron chi connectivity index (χ2n) is 8.76. The number of ketones is 1. The topological polar surface area (TPSA) is 99.8 Å². The number of ether oxygens (including phenoxy) is 1. The summed E-state index contributed by atoms with van der Waals surface area (Å²) < 4.78 is 22.8. The average Bonchev–Trinajstić information content (AvgIpc) is 3.51. The number of hydrogen-bond donors (Lipinski definition) is 1. The minimum absolute atomic E-state index is 0.0410. The fraction of sp³-hybridized carbons (Fsp3) is 0.320. The number of anilines is 2. The Morgan fingerprint density at radius 1 is 1.17 bits per heavy atom. The van der Waals surface area contributed by atoms with Gasteiger partial charge >= 0.3 is 0 Å². The smallest absolute Gasteiger partial charge is 0.189 e. The molecule has 0 aliphatic heterocycles. The van der Waals surface area contributed by atoms with E-state index in [-0.39, 0.29) is 11.6 Å². The Morgan fingerprint density at radius 2 is 1.91 bits per heavy atom. The molecule has 3 heterocycles. The third-order valence-electron chi connectivity index (χ3n) is 6.12. The van der Waals surface area contributed by atoms with Crippen molar-refractivity contribution >= 4 is 17.4 Å². The molecule has 10 heteroatoms. The first-order chi connectivity index (χ1) is 16.9. The van der Waals surface area contributed by atoms with Crippen molar-refractivity contribution in [2.45, 2.75) is 40.2 Å². The van der Waals surface area contributed by atoms with Crippen LogP contribution in [0.2, 0.25) is 0 Å². The monoisotopic (exact) mass is 475 g/mol. The maximum absolute atomic E-state index is 13.5. The molecule has 1 aromatic carbocycles. The molecule has 1 aliphatic rings. The Balaban J connectivity index is 1.54. The number of aromatic nitrogens is 6. The summed E-state index contributed by atoms with van der Waals surface area (Å²) in [5, 5.41) is 12.6. The molecule has 1 saturated carbocycles. The minimum Gasteiger partial charge on any atom is -0.491 e. The van der Waals surface area contributed by atoms with E-state index < -0.39 is 0 Å². The van der Waals surface area contributed by atoms with Crippen LogP contribution in [-0.4, -0.2) is 42.4 Å². The number of halogens is 1. The molecule has 9 nitrogen and oxygen atoms in total. The lowest BCUT2D eigenvalue weighted by molar-refractivity contribution is 0.101. The van der Waals surface area contributed by atoms with Gasteiger partial charge in [0.1, 0.15) is 23.7 Å². The number of Topliss-reactive ketones (excluding diaryl/α,β-unsaturated/α-hetero) is 1. The van der Waals surface area contributed by atoms with Crippen LogP contribution in [0.4, 0.5) is 16.0 Å². The third kappa shape index (κ3) is 4.39. The van der Waals surface area contributed by atoms with Crippen molar-refractivity contribution in [3.8, 4) is 22.8 Å². The van der Waals surface area contributed by atoms with E-state index in [0.29, 0.717) is 46.1 Å². The van der Waals surface area contributed by atoms with Gasteiger partial charge in [0.05, 0.1) is 24.1 Å². The van der Waals surface area contributed by atoms with Crippen molar-refractivity contribution < 1.29 is 13.9 Å². The van der Waals surface area contributed by atoms with E-state index in [4.69, 9.17) is 9.84 Å². The molecule has 5 rings (SSSR count). The van der Waals surface area contributed by atoms with Crippen LogP contribution in [-0.2, 0) is 6.54 Å². The Kier molecular flexibility index (Phi) is 5.80. The molecule has 1 N–H and O–H groups in total. The summed E-state index contributed by atoms with van der Waals surface area (Å²) in [4.78, 5) is 20.8. The second-order valence-corrected chi connectivity index (χ2v) is 8.76. The SMILES string of the molecule is COc1c(-c2ccc(F)cc2)nn(CC2CC2)c1Nc1cc(-n2nc(C)c(C(C)=O)c2C)ncn1. The highest BCUT2D eigenvalue weighted by molar-refractivity contribution is 5.96. The highest BCUT2D eigenvalue weighted by Gasteiger charge is 2.27. The standard InChI is InChI=1S/C25H26FN7O2/c1-14-22(16(3)34)15(2)33(30-14)21-11-20(27-13-28-21)29-25-24(35-4)23(18-7-9-19(26)10-8-18)31-32(25)12-17-5-6-17/h7-11,13,17H,5-6,12H2,1-4H3,(H,27,28,29). The van der Waals surface area contributed by atoms with Gasteiger partial charge in [0, 0.05) is 18.2 Å². The molecule has 4 aromatic rings. The highest BCUT2D eigenvalue weighted by atomic mass is 19.1. The predicted octanol–water partition coefficient (Wildman–Crippen LogP) is 4.65. The van der Waals surface area contributed by atoms with Crippen molar-refractivity contribution in [2.75, 3.05) is 12.4 Å². The number of nitrogens with one attached hydrogen (secondary N) is 1. The molecular formula is C25H26FN7O2. The van der Waals surface area contributed by atoms with E-state index in [1.165, 1.54) is 25.4 Å². The molecular weight excluding hydrogens is 449 g/mol. The van der Waals surface area contributed by atoms with Crippen LogP contribution in [0.5, 0.6) is 5.75 Å². The van der Waals surface area contributed by atoms with E-state index >= 15 is 0 Å². The zero-order chi connectivity index (χ0) is 24.7. The summed E-state index contributed by atoms with van der Waals surface area (Å²) in [7, 11) is 1.58. The maximum atomic E-state index is 13.5. The fourth-order valence-electron chi connectivity index (χ4n) is 4.26. The van der Waals surface area contributed by atoms with Crippen LogP contribution >= 0.6 is 0 Å². The Morgan fingerprint density at radius 3 is 2.54 bits per heavy atom. The molecule has 0 bridgehead atoms. The van der Waals surface area contributed by atoms with Gasteiger partial charge in [-0.2, -0.15) is 10.2 Å². The molecule has 1 fully saturated rings. The number of benzene rings is 1. The van der Waals surface area contributed by atoms with Gasteiger partial charge in [0.25, 0.3) is 0 Å². The first-order valence-electron chi connectivity index (χ1n) is 11.4. The number of carbonyl (C=O) groups is 1. The average molecular weight is 476 g/mol. The van der Waals surface area contributed by atoms with E-state index in [9.17, 15) is 9.18 Å². The summed E-state index contributed by atoms with van der Waals surface area (Å²) in [6, 6.07) is 7.94. The van der Waals surface area contributed by atoms with Gasteiger partial charge in [0.2, 0.25) is 0 Å². The second kappa shape index (κ2) is 8.94. The summed E-state index contributed by atoms with van der Waals surface area (Å²) in [5.41, 5.74) is 3.33. The van der Waals surface area contributed by atoms with E-state index in [0.717, 1.165) is 30.6 Å². The lowest BCUT2D eigenvalue weighted by Crippen LogP contribution is -2.09. The van der Waals surface area contributed by atoms with Gasteiger partial charge in [-0.1, -0.05) is 0 Å². The van der Waals surface area contributed by atoms with E-state index in [2.05, 4.69) is 20.4 Å². The van der Waals surface area contributed by atoms with Crippen LogP contribution in [0.25, 0.3) is 17.1 Å². The quantitative estimate of drug-likeness (QED) is 0.370. The Labute approximate surface area is 202 Å².